The van der Waals surface area contributed by atoms with Gasteiger partial charge in [0, 0.05) is 13.0 Å². The smallest absolute Gasteiger partial charge is 0.244 e. The van der Waals surface area contributed by atoms with E-state index in [9.17, 15) is 9.59 Å². The second-order valence-electron chi connectivity index (χ2n) is 5.82. The third kappa shape index (κ3) is 4.73. The Morgan fingerprint density at radius 3 is 2.41 bits per heavy atom. The minimum absolute atomic E-state index is 0.0405. The molecule has 2 rings (SSSR count). The molecule has 4 nitrogen and oxygen atoms in total. The largest absolute Gasteiger partial charge is 0.331 e. The van der Waals surface area contributed by atoms with Gasteiger partial charge in [0.25, 0.3) is 0 Å². The average Bonchev–Trinajstić information content (AvgIpc) is 2.76. The fourth-order valence-electron chi connectivity index (χ4n) is 2.97. The molecule has 22 heavy (non-hydrogen) atoms. The number of nitrogens with one attached hydrogen (secondary N) is 1. The number of para-hydroxylation sites is 1. The van der Waals surface area contributed by atoms with Crippen LogP contribution in [0.5, 0.6) is 0 Å². The average molecular weight is 323 g/mol. The summed E-state index contributed by atoms with van der Waals surface area (Å²) in [6.07, 6.45) is 6.65. The van der Waals surface area contributed by atoms with Gasteiger partial charge >= 0.3 is 0 Å². The quantitative estimate of drug-likeness (QED) is 0.856. The van der Waals surface area contributed by atoms with Crippen molar-refractivity contribution in [1.82, 2.24) is 4.90 Å². The predicted molar refractivity (Wildman–Crippen MR) is 89.0 cm³/mol. The molecular weight excluding hydrogens is 300 g/mol. The number of hydrogen-bond acceptors (Lipinski definition) is 2. The molecule has 0 unspecified atom stereocenters. The highest BCUT2D eigenvalue weighted by Gasteiger charge is 2.24. The number of carbonyl (C=O) groups excluding carboxylic acids is 2. The van der Waals surface area contributed by atoms with Gasteiger partial charge in [-0.05, 0) is 25.0 Å². The van der Waals surface area contributed by atoms with Gasteiger partial charge in [0.1, 0.15) is 6.54 Å². The molecule has 1 aliphatic rings. The molecule has 0 radical (unpaired) electrons. The van der Waals surface area contributed by atoms with Gasteiger partial charge < -0.3 is 10.2 Å². The molecule has 0 aliphatic heterocycles. The van der Waals surface area contributed by atoms with E-state index in [1.165, 1.54) is 19.8 Å². The maximum absolute atomic E-state index is 12.2. The molecular formula is C17H23ClN2O2. The van der Waals surface area contributed by atoms with Crippen molar-refractivity contribution in [3.8, 4) is 0 Å². The van der Waals surface area contributed by atoms with Crippen LogP contribution in [0.3, 0.4) is 0 Å². The Morgan fingerprint density at radius 2 is 1.82 bits per heavy atom. The number of rotatable bonds is 4. The van der Waals surface area contributed by atoms with Crippen molar-refractivity contribution < 1.29 is 9.59 Å². The summed E-state index contributed by atoms with van der Waals surface area (Å²) in [5.74, 6) is -0.242. The maximum Gasteiger partial charge on any atom is 0.244 e. The summed E-state index contributed by atoms with van der Waals surface area (Å²) in [4.78, 5) is 25.9. The second-order valence-corrected chi connectivity index (χ2v) is 6.23. The molecule has 120 valence electrons. The zero-order chi connectivity index (χ0) is 15.9. The zero-order valence-electron chi connectivity index (χ0n) is 13.0. The topological polar surface area (TPSA) is 49.4 Å². The molecule has 1 saturated carbocycles. The van der Waals surface area contributed by atoms with Crippen molar-refractivity contribution in [3.63, 3.8) is 0 Å². The van der Waals surface area contributed by atoms with Crippen LogP contribution in [0.1, 0.15) is 45.4 Å². The van der Waals surface area contributed by atoms with Crippen molar-refractivity contribution >= 4 is 29.1 Å². The van der Waals surface area contributed by atoms with Gasteiger partial charge in [0.2, 0.25) is 11.8 Å². The number of halogens is 1. The van der Waals surface area contributed by atoms with E-state index in [-0.39, 0.29) is 24.4 Å². The van der Waals surface area contributed by atoms with Crippen LogP contribution in [0, 0.1) is 0 Å². The van der Waals surface area contributed by atoms with Gasteiger partial charge in [-0.1, -0.05) is 49.4 Å². The van der Waals surface area contributed by atoms with Crippen LogP contribution in [0.2, 0.25) is 5.02 Å². The Morgan fingerprint density at radius 1 is 1.18 bits per heavy atom. The van der Waals surface area contributed by atoms with E-state index in [0.29, 0.717) is 10.7 Å². The van der Waals surface area contributed by atoms with Gasteiger partial charge in [-0.15, -0.1) is 0 Å². The van der Waals surface area contributed by atoms with E-state index < -0.39 is 0 Å². The SMILES string of the molecule is CC(=O)N(CC(=O)Nc1ccccc1Cl)C1CCCCCC1. The predicted octanol–water partition coefficient (Wildman–Crippen LogP) is 3.85. The molecule has 1 aromatic carbocycles. The lowest BCUT2D eigenvalue weighted by molar-refractivity contribution is -0.135. The number of hydrogen-bond donors (Lipinski definition) is 1. The number of anilines is 1. The van der Waals surface area contributed by atoms with Crippen molar-refractivity contribution in [2.45, 2.75) is 51.5 Å². The molecule has 0 aromatic heterocycles. The number of benzene rings is 1. The Labute approximate surface area is 136 Å². The first-order chi connectivity index (χ1) is 10.6. The molecule has 1 aromatic rings. The molecule has 5 heteroatoms. The summed E-state index contributed by atoms with van der Waals surface area (Å²) >= 11 is 6.04. The van der Waals surface area contributed by atoms with Crippen LogP contribution < -0.4 is 5.32 Å². The molecule has 2 amide bonds. The Balaban J connectivity index is 1.99. The van der Waals surface area contributed by atoms with E-state index in [4.69, 9.17) is 11.6 Å². The van der Waals surface area contributed by atoms with Gasteiger partial charge in [-0.3, -0.25) is 9.59 Å². The van der Waals surface area contributed by atoms with E-state index >= 15 is 0 Å². The molecule has 1 aliphatic carbocycles. The summed E-state index contributed by atoms with van der Waals surface area (Å²) in [5.41, 5.74) is 0.582. The van der Waals surface area contributed by atoms with Crippen LogP contribution in [0.25, 0.3) is 0 Å². The first-order valence-electron chi connectivity index (χ1n) is 7.89. The summed E-state index contributed by atoms with van der Waals surface area (Å²) < 4.78 is 0. The van der Waals surface area contributed by atoms with Gasteiger partial charge in [0.15, 0.2) is 0 Å². The molecule has 1 N–H and O–H groups in total. The first kappa shape index (κ1) is 16.8. The van der Waals surface area contributed by atoms with E-state index in [1.807, 2.05) is 12.1 Å². The van der Waals surface area contributed by atoms with Crippen molar-refractivity contribution in [1.29, 1.82) is 0 Å². The van der Waals surface area contributed by atoms with Crippen LogP contribution in [0.15, 0.2) is 24.3 Å². The van der Waals surface area contributed by atoms with Crippen molar-refractivity contribution in [3.05, 3.63) is 29.3 Å². The van der Waals surface area contributed by atoms with Gasteiger partial charge in [-0.2, -0.15) is 0 Å². The lowest BCUT2D eigenvalue weighted by atomic mass is 10.1. The zero-order valence-corrected chi connectivity index (χ0v) is 13.7. The summed E-state index contributed by atoms with van der Waals surface area (Å²) in [6, 6.07) is 7.29. The van der Waals surface area contributed by atoms with Gasteiger partial charge in [-0.25, -0.2) is 0 Å². The Kier molecular flexibility index (Phi) is 6.25. The lowest BCUT2D eigenvalue weighted by Gasteiger charge is -2.29. The molecule has 0 saturated heterocycles. The standard InChI is InChI=1S/C17H23ClN2O2/c1-13(21)20(14-8-4-2-3-5-9-14)12-17(22)19-16-11-7-6-10-15(16)18/h6-7,10-11,14H,2-5,8-9,12H2,1H3,(H,19,22). The molecule has 0 heterocycles. The Hall–Kier alpha value is -1.55. The van der Waals surface area contributed by atoms with Crippen molar-refractivity contribution in [2.75, 3.05) is 11.9 Å². The Bertz CT molecular complexity index is 525. The van der Waals surface area contributed by atoms with Crippen LogP contribution in [-0.2, 0) is 9.59 Å². The summed E-state index contributed by atoms with van der Waals surface area (Å²) in [5, 5.41) is 3.29. The third-order valence-electron chi connectivity index (χ3n) is 4.13. The van der Waals surface area contributed by atoms with Crippen molar-refractivity contribution in [2.24, 2.45) is 0 Å². The van der Waals surface area contributed by atoms with Gasteiger partial charge in [0.05, 0.1) is 10.7 Å². The highest BCUT2D eigenvalue weighted by molar-refractivity contribution is 6.33. The normalized spacial score (nSPS) is 15.9. The summed E-state index contributed by atoms with van der Waals surface area (Å²) in [7, 11) is 0. The molecule has 1 fully saturated rings. The van der Waals surface area contributed by atoms with Crippen LogP contribution in [-0.4, -0.2) is 29.3 Å². The monoisotopic (exact) mass is 322 g/mol. The minimum atomic E-state index is -0.201. The highest BCUT2D eigenvalue weighted by atomic mass is 35.5. The highest BCUT2D eigenvalue weighted by Crippen LogP contribution is 2.23. The fraction of sp³-hybridized carbons (Fsp3) is 0.529. The third-order valence-corrected chi connectivity index (χ3v) is 4.46. The van der Waals surface area contributed by atoms with E-state index in [2.05, 4.69) is 5.32 Å². The molecule has 0 bridgehead atoms. The second kappa shape index (κ2) is 8.18. The molecule has 0 spiro atoms. The van der Waals surface area contributed by atoms with E-state index in [0.717, 1.165) is 25.7 Å². The number of nitrogens with zero attached hydrogens (tertiary/aromatic N) is 1. The number of amides is 2. The molecule has 0 atom stereocenters. The minimum Gasteiger partial charge on any atom is -0.331 e. The van der Waals surface area contributed by atoms with E-state index in [1.54, 1.807) is 17.0 Å². The van der Waals surface area contributed by atoms with Crippen LogP contribution >= 0.6 is 11.6 Å². The first-order valence-corrected chi connectivity index (χ1v) is 8.27. The number of carbonyl (C=O) groups is 2. The summed E-state index contributed by atoms with van der Waals surface area (Å²) in [6.45, 7) is 1.62. The maximum atomic E-state index is 12.2. The fourth-order valence-corrected chi connectivity index (χ4v) is 3.16. The van der Waals surface area contributed by atoms with Crippen LogP contribution in [0.4, 0.5) is 5.69 Å². The lowest BCUT2D eigenvalue weighted by Crippen LogP contribution is -2.43.